The number of hydrogen-bond acceptors (Lipinski definition) is 6. The Bertz CT molecular complexity index is 739. The number of aromatic nitrogens is 3. The molecule has 7 heteroatoms. The van der Waals surface area contributed by atoms with E-state index in [0.717, 1.165) is 31.7 Å². The molecule has 26 heavy (non-hydrogen) atoms. The van der Waals surface area contributed by atoms with Crippen LogP contribution in [0.2, 0.25) is 0 Å². The number of piperazine rings is 1. The van der Waals surface area contributed by atoms with E-state index in [0.29, 0.717) is 30.8 Å². The molecule has 0 unspecified atom stereocenters. The molecule has 4 rings (SSSR count). The van der Waals surface area contributed by atoms with Crippen LogP contribution in [0.4, 0.5) is 11.8 Å². The van der Waals surface area contributed by atoms with Gasteiger partial charge in [0.25, 0.3) is 5.91 Å². The van der Waals surface area contributed by atoms with E-state index in [1.54, 1.807) is 18.5 Å². The second-order valence-corrected chi connectivity index (χ2v) is 6.86. The smallest absolute Gasteiger partial charge is 0.272 e. The second kappa shape index (κ2) is 7.68. The number of nitrogens with one attached hydrogen (secondary N) is 1. The van der Waals surface area contributed by atoms with E-state index in [1.165, 1.54) is 12.8 Å². The Labute approximate surface area is 153 Å². The monoisotopic (exact) mass is 352 g/mol. The average molecular weight is 352 g/mol. The van der Waals surface area contributed by atoms with Gasteiger partial charge in [0, 0.05) is 44.6 Å². The summed E-state index contributed by atoms with van der Waals surface area (Å²) in [5, 5.41) is 3.36. The lowest BCUT2D eigenvalue weighted by Crippen LogP contribution is -2.49. The highest BCUT2D eigenvalue weighted by Gasteiger charge is 2.24. The van der Waals surface area contributed by atoms with Crippen molar-refractivity contribution in [1.82, 2.24) is 19.9 Å². The molecule has 0 spiro atoms. The largest absolute Gasteiger partial charge is 0.353 e. The van der Waals surface area contributed by atoms with E-state index in [1.807, 2.05) is 23.1 Å². The van der Waals surface area contributed by atoms with Gasteiger partial charge in [-0.05, 0) is 31.0 Å². The summed E-state index contributed by atoms with van der Waals surface area (Å²) in [7, 11) is 0. The van der Waals surface area contributed by atoms with Crippen molar-refractivity contribution in [2.24, 2.45) is 0 Å². The predicted molar refractivity (Wildman–Crippen MR) is 100 cm³/mol. The summed E-state index contributed by atoms with van der Waals surface area (Å²) in [5.74, 6) is 1.50. The fourth-order valence-electron chi connectivity index (χ4n) is 3.64. The van der Waals surface area contributed by atoms with Gasteiger partial charge in [0.15, 0.2) is 0 Å². The number of nitrogens with zero attached hydrogens (tertiary/aromatic N) is 5. The van der Waals surface area contributed by atoms with Gasteiger partial charge in [-0.2, -0.15) is 0 Å². The van der Waals surface area contributed by atoms with Gasteiger partial charge in [-0.15, -0.1) is 0 Å². The Morgan fingerprint density at radius 2 is 1.81 bits per heavy atom. The van der Waals surface area contributed by atoms with Crippen LogP contribution in [0.15, 0.2) is 36.7 Å². The Balaban J connectivity index is 1.37. The van der Waals surface area contributed by atoms with Crippen LogP contribution < -0.4 is 10.2 Å². The molecule has 1 saturated heterocycles. The van der Waals surface area contributed by atoms with Crippen molar-refractivity contribution in [3.05, 3.63) is 42.4 Å². The summed E-state index contributed by atoms with van der Waals surface area (Å²) in [4.78, 5) is 30.0. The number of anilines is 2. The summed E-state index contributed by atoms with van der Waals surface area (Å²) in [6.45, 7) is 2.90. The highest BCUT2D eigenvalue weighted by molar-refractivity contribution is 5.92. The molecule has 2 aliphatic rings. The Hall–Kier alpha value is -2.70. The molecule has 0 radical (unpaired) electrons. The van der Waals surface area contributed by atoms with E-state index >= 15 is 0 Å². The summed E-state index contributed by atoms with van der Waals surface area (Å²) < 4.78 is 0. The fourth-order valence-corrected chi connectivity index (χ4v) is 3.64. The maximum atomic E-state index is 12.8. The number of carbonyl (C=O) groups excluding carboxylic acids is 1. The van der Waals surface area contributed by atoms with Crippen LogP contribution in [0.5, 0.6) is 0 Å². The molecule has 0 bridgehead atoms. The molecule has 3 heterocycles. The molecule has 1 saturated carbocycles. The van der Waals surface area contributed by atoms with Crippen LogP contribution in [-0.2, 0) is 0 Å². The van der Waals surface area contributed by atoms with E-state index < -0.39 is 0 Å². The Kier molecular flexibility index (Phi) is 4.95. The average Bonchev–Trinajstić information content (AvgIpc) is 3.21. The third kappa shape index (κ3) is 3.76. The number of carbonyl (C=O) groups is 1. The Morgan fingerprint density at radius 3 is 2.54 bits per heavy atom. The zero-order valence-electron chi connectivity index (χ0n) is 14.8. The molecule has 0 aromatic carbocycles. The first-order valence-electron chi connectivity index (χ1n) is 9.34. The zero-order valence-corrected chi connectivity index (χ0v) is 14.8. The van der Waals surface area contributed by atoms with Gasteiger partial charge in [-0.25, -0.2) is 15.0 Å². The molecule has 1 amide bonds. The molecule has 1 aliphatic carbocycles. The molecular formula is C19H24N6O. The van der Waals surface area contributed by atoms with E-state index in [9.17, 15) is 4.79 Å². The van der Waals surface area contributed by atoms with Crippen LogP contribution in [-0.4, -0.2) is 58.0 Å². The minimum atomic E-state index is -0.0254. The highest BCUT2D eigenvalue weighted by Crippen LogP contribution is 2.21. The minimum absolute atomic E-state index is 0.0254. The minimum Gasteiger partial charge on any atom is -0.353 e. The molecule has 136 valence electrons. The van der Waals surface area contributed by atoms with Crippen molar-refractivity contribution in [2.75, 3.05) is 36.4 Å². The van der Waals surface area contributed by atoms with Crippen LogP contribution >= 0.6 is 0 Å². The quantitative estimate of drug-likeness (QED) is 0.909. The van der Waals surface area contributed by atoms with Gasteiger partial charge in [0.05, 0.1) is 0 Å². The van der Waals surface area contributed by atoms with E-state index in [4.69, 9.17) is 0 Å². The van der Waals surface area contributed by atoms with Crippen molar-refractivity contribution >= 4 is 17.7 Å². The summed E-state index contributed by atoms with van der Waals surface area (Å²) in [6.07, 6.45) is 8.26. The van der Waals surface area contributed by atoms with Gasteiger partial charge < -0.3 is 15.1 Å². The van der Waals surface area contributed by atoms with Crippen molar-refractivity contribution in [3.63, 3.8) is 0 Å². The van der Waals surface area contributed by atoms with Crippen molar-refractivity contribution < 1.29 is 4.79 Å². The first-order chi connectivity index (χ1) is 12.8. The molecular weight excluding hydrogens is 328 g/mol. The van der Waals surface area contributed by atoms with Crippen LogP contribution in [0.3, 0.4) is 0 Å². The molecule has 1 aliphatic heterocycles. The third-order valence-electron chi connectivity index (χ3n) is 5.10. The van der Waals surface area contributed by atoms with Gasteiger partial charge in [0.1, 0.15) is 11.5 Å². The van der Waals surface area contributed by atoms with Crippen LogP contribution in [0.25, 0.3) is 0 Å². The normalized spacial score (nSPS) is 18.2. The van der Waals surface area contributed by atoms with E-state index in [-0.39, 0.29) is 5.91 Å². The van der Waals surface area contributed by atoms with Gasteiger partial charge in [-0.1, -0.05) is 18.9 Å². The first-order valence-corrected chi connectivity index (χ1v) is 9.34. The first kappa shape index (κ1) is 16.8. The number of pyridine rings is 1. The van der Waals surface area contributed by atoms with Crippen LogP contribution in [0, 0.1) is 0 Å². The van der Waals surface area contributed by atoms with Gasteiger partial charge in [0.2, 0.25) is 5.95 Å². The Morgan fingerprint density at radius 1 is 1.00 bits per heavy atom. The third-order valence-corrected chi connectivity index (χ3v) is 5.10. The maximum Gasteiger partial charge on any atom is 0.272 e. The lowest BCUT2D eigenvalue weighted by molar-refractivity contribution is 0.0740. The summed E-state index contributed by atoms with van der Waals surface area (Å²) >= 11 is 0. The molecule has 2 aromatic rings. The standard InChI is InChI=1S/C19H24N6O/c26-18(16-8-10-21-19(23-16)22-15-5-1-2-6-15)25-13-11-24(12-14-25)17-7-3-4-9-20-17/h3-4,7-10,15H,1-2,5-6,11-14H2,(H,21,22,23). The van der Waals surface area contributed by atoms with Gasteiger partial charge in [-0.3, -0.25) is 4.79 Å². The maximum absolute atomic E-state index is 12.8. The number of hydrogen-bond donors (Lipinski definition) is 1. The van der Waals surface area contributed by atoms with Crippen molar-refractivity contribution in [1.29, 1.82) is 0 Å². The topological polar surface area (TPSA) is 74.2 Å². The fraction of sp³-hybridized carbons (Fsp3) is 0.474. The second-order valence-electron chi connectivity index (χ2n) is 6.86. The number of amides is 1. The molecule has 2 aromatic heterocycles. The predicted octanol–water partition coefficient (Wildman–Crippen LogP) is 2.19. The SMILES string of the molecule is O=C(c1ccnc(NC2CCCC2)n1)N1CCN(c2ccccn2)CC1. The molecule has 2 fully saturated rings. The summed E-state index contributed by atoms with van der Waals surface area (Å²) in [6, 6.07) is 8.04. The zero-order chi connectivity index (χ0) is 17.8. The molecule has 0 atom stereocenters. The molecule has 7 nitrogen and oxygen atoms in total. The van der Waals surface area contributed by atoms with E-state index in [2.05, 4.69) is 25.2 Å². The van der Waals surface area contributed by atoms with Crippen molar-refractivity contribution in [2.45, 2.75) is 31.7 Å². The lowest BCUT2D eigenvalue weighted by atomic mass is 10.2. The lowest BCUT2D eigenvalue weighted by Gasteiger charge is -2.35. The highest BCUT2D eigenvalue weighted by atomic mass is 16.2. The van der Waals surface area contributed by atoms with Gasteiger partial charge >= 0.3 is 0 Å². The van der Waals surface area contributed by atoms with Crippen LogP contribution in [0.1, 0.15) is 36.2 Å². The number of rotatable bonds is 4. The summed E-state index contributed by atoms with van der Waals surface area (Å²) in [5.41, 5.74) is 0.465. The molecule has 1 N–H and O–H groups in total. The van der Waals surface area contributed by atoms with Crippen molar-refractivity contribution in [3.8, 4) is 0 Å².